The third kappa shape index (κ3) is 6.76. The zero-order valence-corrected chi connectivity index (χ0v) is 13.9. The molecule has 0 spiro atoms. The largest absolute Gasteiger partial charge is 0.316 e. The number of hydrogen-bond donors (Lipinski definition) is 1. The van der Waals surface area contributed by atoms with Crippen LogP contribution in [0.2, 0.25) is 0 Å². The van der Waals surface area contributed by atoms with Crippen molar-refractivity contribution in [2.24, 2.45) is 17.8 Å². The van der Waals surface area contributed by atoms with Crippen molar-refractivity contribution >= 4 is 0 Å². The second kappa shape index (κ2) is 8.97. The maximum atomic E-state index is 3.57. The monoisotopic (exact) mass is 268 g/mol. The molecule has 1 aliphatic heterocycles. The molecule has 1 heterocycles. The summed E-state index contributed by atoms with van der Waals surface area (Å²) in [5.41, 5.74) is 0. The average molecular weight is 268 g/mol. The van der Waals surface area contributed by atoms with E-state index >= 15 is 0 Å². The lowest BCUT2D eigenvalue weighted by atomic mass is 9.89. The van der Waals surface area contributed by atoms with Gasteiger partial charge in [0, 0.05) is 6.04 Å². The molecular formula is C17H36N2. The smallest absolute Gasteiger partial charge is 0.00790 e. The van der Waals surface area contributed by atoms with Gasteiger partial charge in [-0.05, 0) is 76.5 Å². The maximum Gasteiger partial charge on any atom is 0.00790 e. The van der Waals surface area contributed by atoms with Crippen LogP contribution in [0.4, 0.5) is 0 Å². The Morgan fingerprint density at radius 3 is 2.42 bits per heavy atom. The molecule has 2 nitrogen and oxygen atoms in total. The molecule has 2 unspecified atom stereocenters. The van der Waals surface area contributed by atoms with Gasteiger partial charge in [0.1, 0.15) is 0 Å². The summed E-state index contributed by atoms with van der Waals surface area (Å²) in [6.45, 7) is 16.7. The predicted molar refractivity (Wildman–Crippen MR) is 85.5 cm³/mol. The van der Waals surface area contributed by atoms with E-state index in [1.54, 1.807) is 0 Å². The Balaban J connectivity index is 2.23. The van der Waals surface area contributed by atoms with E-state index in [2.05, 4.69) is 44.8 Å². The second-order valence-electron chi connectivity index (χ2n) is 7.21. The van der Waals surface area contributed by atoms with Crippen molar-refractivity contribution < 1.29 is 0 Å². The average Bonchev–Trinajstić information content (AvgIpc) is 2.59. The first kappa shape index (κ1) is 17.0. The highest BCUT2D eigenvalue weighted by molar-refractivity contribution is 4.76. The van der Waals surface area contributed by atoms with Crippen molar-refractivity contribution in [3.8, 4) is 0 Å². The van der Waals surface area contributed by atoms with Crippen LogP contribution in [0.15, 0.2) is 0 Å². The Kier molecular flexibility index (Phi) is 8.01. The minimum absolute atomic E-state index is 0.741. The summed E-state index contributed by atoms with van der Waals surface area (Å²) in [6.07, 6.45) is 5.53. The van der Waals surface area contributed by atoms with Gasteiger partial charge in [-0.3, -0.25) is 0 Å². The van der Waals surface area contributed by atoms with Crippen LogP contribution in [0.5, 0.6) is 0 Å². The van der Waals surface area contributed by atoms with Crippen molar-refractivity contribution in [3.63, 3.8) is 0 Å². The fourth-order valence-corrected chi connectivity index (χ4v) is 3.14. The number of nitrogens with zero attached hydrogens (tertiary/aromatic N) is 1. The highest BCUT2D eigenvalue weighted by Gasteiger charge is 2.21. The van der Waals surface area contributed by atoms with Crippen molar-refractivity contribution in [2.75, 3.05) is 26.2 Å². The Morgan fingerprint density at radius 1 is 1.05 bits per heavy atom. The topological polar surface area (TPSA) is 15.3 Å². The molecule has 0 aliphatic carbocycles. The van der Waals surface area contributed by atoms with Crippen LogP contribution in [-0.4, -0.2) is 37.1 Å². The highest BCUT2D eigenvalue weighted by atomic mass is 15.1. The van der Waals surface area contributed by atoms with Gasteiger partial charge in [-0.15, -0.1) is 0 Å². The van der Waals surface area contributed by atoms with Crippen molar-refractivity contribution in [2.45, 2.75) is 66.3 Å². The summed E-state index contributed by atoms with van der Waals surface area (Å²) >= 11 is 0. The molecule has 0 amide bonds. The van der Waals surface area contributed by atoms with Gasteiger partial charge in [-0.2, -0.15) is 0 Å². The molecule has 1 rings (SSSR count). The van der Waals surface area contributed by atoms with E-state index in [9.17, 15) is 0 Å². The van der Waals surface area contributed by atoms with Gasteiger partial charge in [0.15, 0.2) is 0 Å². The molecule has 2 atom stereocenters. The lowest BCUT2D eigenvalue weighted by Crippen LogP contribution is -2.36. The fourth-order valence-electron chi connectivity index (χ4n) is 3.14. The maximum absolute atomic E-state index is 3.57. The zero-order valence-electron chi connectivity index (χ0n) is 13.9. The van der Waals surface area contributed by atoms with Crippen LogP contribution in [0, 0.1) is 17.8 Å². The van der Waals surface area contributed by atoms with Gasteiger partial charge in [-0.1, -0.05) is 27.7 Å². The number of rotatable bonds is 7. The third-order valence-electron chi connectivity index (χ3n) is 4.66. The first-order valence-corrected chi connectivity index (χ1v) is 8.45. The van der Waals surface area contributed by atoms with E-state index < -0.39 is 0 Å². The molecule has 0 radical (unpaired) electrons. The molecule has 19 heavy (non-hydrogen) atoms. The standard InChI is InChI=1S/C17H36N2/c1-14(2)13-18-10-8-16(5)19-11-6-7-17(9-12-19)15(3)4/h14-18H,6-13H2,1-5H3. The third-order valence-corrected chi connectivity index (χ3v) is 4.66. The van der Waals surface area contributed by atoms with Crippen molar-refractivity contribution in [1.29, 1.82) is 0 Å². The molecule has 0 aromatic carbocycles. The SMILES string of the molecule is CC(C)CNCCC(C)N1CCCC(C(C)C)CC1. The molecule has 1 fully saturated rings. The summed E-state index contributed by atoms with van der Waals surface area (Å²) in [4.78, 5) is 2.72. The van der Waals surface area contributed by atoms with Gasteiger partial charge in [0.25, 0.3) is 0 Å². The number of hydrogen-bond acceptors (Lipinski definition) is 2. The van der Waals surface area contributed by atoms with Gasteiger partial charge < -0.3 is 10.2 Å². The highest BCUT2D eigenvalue weighted by Crippen LogP contribution is 2.25. The van der Waals surface area contributed by atoms with Gasteiger partial charge >= 0.3 is 0 Å². The summed E-state index contributed by atoms with van der Waals surface area (Å²) in [6, 6.07) is 0.741. The predicted octanol–water partition coefficient (Wildman–Crippen LogP) is 3.77. The molecule has 1 aliphatic rings. The second-order valence-corrected chi connectivity index (χ2v) is 7.21. The molecule has 0 aromatic rings. The van der Waals surface area contributed by atoms with Gasteiger partial charge in [-0.25, -0.2) is 0 Å². The van der Waals surface area contributed by atoms with Crippen molar-refractivity contribution in [3.05, 3.63) is 0 Å². The molecule has 0 aromatic heterocycles. The Bertz CT molecular complexity index is 225. The number of likely N-dealkylation sites (tertiary alicyclic amines) is 1. The van der Waals surface area contributed by atoms with Crippen LogP contribution >= 0.6 is 0 Å². The molecule has 114 valence electrons. The number of nitrogens with one attached hydrogen (secondary N) is 1. The van der Waals surface area contributed by atoms with Crippen LogP contribution in [-0.2, 0) is 0 Å². The molecule has 1 saturated heterocycles. The Morgan fingerprint density at radius 2 is 1.79 bits per heavy atom. The van der Waals surface area contributed by atoms with Gasteiger partial charge in [0.05, 0.1) is 0 Å². The van der Waals surface area contributed by atoms with Crippen LogP contribution in [0.3, 0.4) is 0 Å². The molecular weight excluding hydrogens is 232 g/mol. The minimum atomic E-state index is 0.741. The van der Waals surface area contributed by atoms with Crippen LogP contribution in [0.1, 0.15) is 60.3 Å². The first-order chi connectivity index (χ1) is 9.00. The summed E-state index contributed by atoms with van der Waals surface area (Å²) < 4.78 is 0. The summed E-state index contributed by atoms with van der Waals surface area (Å²) in [5.74, 6) is 2.58. The van der Waals surface area contributed by atoms with E-state index in [1.165, 1.54) is 45.3 Å². The fraction of sp³-hybridized carbons (Fsp3) is 1.00. The van der Waals surface area contributed by atoms with E-state index in [1.807, 2.05) is 0 Å². The minimum Gasteiger partial charge on any atom is -0.316 e. The normalized spacial score (nSPS) is 23.8. The van der Waals surface area contributed by atoms with E-state index in [-0.39, 0.29) is 0 Å². The van der Waals surface area contributed by atoms with E-state index in [4.69, 9.17) is 0 Å². The van der Waals surface area contributed by atoms with Crippen LogP contribution < -0.4 is 5.32 Å². The zero-order chi connectivity index (χ0) is 14.3. The molecule has 1 N–H and O–H groups in total. The molecule has 0 bridgehead atoms. The first-order valence-electron chi connectivity index (χ1n) is 8.45. The molecule has 2 heteroatoms. The molecule has 0 saturated carbocycles. The van der Waals surface area contributed by atoms with E-state index in [0.717, 1.165) is 30.3 Å². The van der Waals surface area contributed by atoms with Crippen LogP contribution in [0.25, 0.3) is 0 Å². The van der Waals surface area contributed by atoms with Gasteiger partial charge in [0.2, 0.25) is 0 Å². The summed E-state index contributed by atoms with van der Waals surface area (Å²) in [5, 5.41) is 3.57. The summed E-state index contributed by atoms with van der Waals surface area (Å²) in [7, 11) is 0. The Hall–Kier alpha value is -0.0800. The van der Waals surface area contributed by atoms with E-state index in [0.29, 0.717) is 0 Å². The quantitative estimate of drug-likeness (QED) is 0.707. The Labute approximate surface area is 121 Å². The lowest BCUT2D eigenvalue weighted by molar-refractivity contribution is 0.200. The van der Waals surface area contributed by atoms with Crippen molar-refractivity contribution in [1.82, 2.24) is 10.2 Å². The lowest BCUT2D eigenvalue weighted by Gasteiger charge is -2.28.